The van der Waals surface area contributed by atoms with Gasteiger partial charge in [0.2, 0.25) is 0 Å². The summed E-state index contributed by atoms with van der Waals surface area (Å²) >= 11 is 0. The van der Waals surface area contributed by atoms with Crippen LogP contribution in [0, 0.1) is 5.82 Å². The number of rotatable bonds is 5. The molecule has 1 unspecified atom stereocenters. The molecule has 0 saturated carbocycles. The van der Waals surface area contributed by atoms with Crippen LogP contribution < -0.4 is 0 Å². The highest BCUT2D eigenvalue weighted by Crippen LogP contribution is 2.52. The van der Waals surface area contributed by atoms with Gasteiger partial charge in [-0.3, -0.25) is 9.80 Å². The van der Waals surface area contributed by atoms with Gasteiger partial charge in [0, 0.05) is 55.1 Å². The monoisotopic (exact) mass is 483 g/mol. The van der Waals surface area contributed by atoms with Crippen molar-refractivity contribution < 1.29 is 13.9 Å². The molecule has 3 heterocycles. The lowest BCUT2D eigenvalue weighted by atomic mass is 9.70. The number of likely N-dealkylation sites (tertiary alicyclic amines) is 1. The van der Waals surface area contributed by atoms with E-state index in [4.69, 9.17) is 4.74 Å². The lowest BCUT2D eigenvalue weighted by Gasteiger charge is -2.48. The first-order valence-electron chi connectivity index (χ1n) is 12.6. The number of fused-ring (bicyclic) bond motifs is 1. The summed E-state index contributed by atoms with van der Waals surface area (Å²) in [5.41, 5.74) is 2.51. The van der Waals surface area contributed by atoms with Crippen LogP contribution in [0.1, 0.15) is 36.5 Å². The summed E-state index contributed by atoms with van der Waals surface area (Å²) in [7, 11) is 0. The zero-order chi connectivity index (χ0) is 24.8. The highest BCUT2D eigenvalue weighted by atomic mass is 19.1. The molecule has 6 rings (SSSR count). The van der Waals surface area contributed by atoms with Crippen LogP contribution in [0.3, 0.4) is 0 Å². The maximum Gasteiger partial charge on any atom is 0.411 e. The van der Waals surface area contributed by atoms with Crippen molar-refractivity contribution in [2.75, 3.05) is 13.1 Å². The van der Waals surface area contributed by atoms with Gasteiger partial charge in [0.1, 0.15) is 17.0 Å². The lowest BCUT2D eigenvalue weighted by molar-refractivity contribution is -0.0614. The third-order valence-corrected chi connectivity index (χ3v) is 8.28. The molecule has 36 heavy (non-hydrogen) atoms. The summed E-state index contributed by atoms with van der Waals surface area (Å²) in [5, 5.41) is 1.25. The van der Waals surface area contributed by atoms with Crippen LogP contribution in [0.2, 0.25) is 0 Å². The van der Waals surface area contributed by atoms with Gasteiger partial charge < -0.3 is 9.72 Å². The number of para-hydroxylation sites is 1. The van der Waals surface area contributed by atoms with Crippen LogP contribution in [0.25, 0.3) is 10.9 Å². The summed E-state index contributed by atoms with van der Waals surface area (Å²) in [6.07, 6.45) is 3.13. The maximum absolute atomic E-state index is 14.6. The Morgan fingerprint density at radius 3 is 2.36 bits per heavy atom. The Labute approximate surface area is 210 Å². The fourth-order valence-corrected chi connectivity index (χ4v) is 6.12. The topological polar surface area (TPSA) is 48.6 Å². The van der Waals surface area contributed by atoms with Crippen molar-refractivity contribution in [3.63, 3.8) is 0 Å². The van der Waals surface area contributed by atoms with Crippen LogP contribution in [0.15, 0.2) is 85.1 Å². The Balaban J connectivity index is 1.29. The van der Waals surface area contributed by atoms with Gasteiger partial charge >= 0.3 is 6.09 Å². The van der Waals surface area contributed by atoms with E-state index in [1.807, 2.05) is 24.3 Å². The maximum atomic E-state index is 14.6. The number of hydrogen-bond donors (Lipinski definition) is 1. The Morgan fingerprint density at radius 1 is 0.889 bits per heavy atom. The minimum absolute atomic E-state index is 0.164. The fourth-order valence-electron chi connectivity index (χ4n) is 6.12. The number of nitrogens with zero attached hydrogens (tertiary/aromatic N) is 2. The van der Waals surface area contributed by atoms with Gasteiger partial charge in [-0.25, -0.2) is 9.18 Å². The predicted molar refractivity (Wildman–Crippen MR) is 138 cm³/mol. The van der Waals surface area contributed by atoms with E-state index in [0.717, 1.165) is 30.7 Å². The molecule has 0 radical (unpaired) electrons. The first kappa shape index (κ1) is 22.8. The highest BCUT2D eigenvalue weighted by molar-refractivity contribution is 5.83. The third kappa shape index (κ3) is 3.59. The van der Waals surface area contributed by atoms with Gasteiger partial charge in [0.05, 0.1) is 6.54 Å². The number of hydrogen-bond acceptors (Lipinski definition) is 3. The fraction of sp³-hybridized carbons (Fsp3) is 0.300. The molecule has 1 amide bonds. The summed E-state index contributed by atoms with van der Waals surface area (Å²) in [6.45, 7) is 4.71. The molecular formula is C30H30FN3O2. The molecule has 4 aromatic rings. The Hall–Kier alpha value is -3.64. The van der Waals surface area contributed by atoms with Gasteiger partial charge in [0.25, 0.3) is 0 Å². The predicted octanol–water partition coefficient (Wildman–Crippen LogP) is 6.21. The van der Waals surface area contributed by atoms with Crippen LogP contribution in [0.4, 0.5) is 9.18 Å². The van der Waals surface area contributed by atoms with Crippen LogP contribution in [-0.4, -0.2) is 39.6 Å². The molecule has 184 valence electrons. The van der Waals surface area contributed by atoms with E-state index >= 15 is 0 Å². The molecule has 2 aliphatic rings. The molecule has 3 aromatic carbocycles. The van der Waals surface area contributed by atoms with E-state index in [-0.39, 0.29) is 18.5 Å². The van der Waals surface area contributed by atoms with Crippen molar-refractivity contribution in [3.8, 4) is 0 Å². The van der Waals surface area contributed by atoms with E-state index in [0.29, 0.717) is 18.4 Å². The minimum Gasteiger partial charge on any atom is -0.440 e. The van der Waals surface area contributed by atoms with Crippen molar-refractivity contribution in [2.24, 2.45) is 0 Å². The van der Waals surface area contributed by atoms with Crippen molar-refractivity contribution in [1.82, 2.24) is 14.8 Å². The standard InChI is InChI=1S/C30H30FN3O2/c1-29(24-10-3-2-4-11-24)30(36-28(35)34(29)21-22-9-5-7-13-26(22)31)15-17-33(18-16-30)20-23-19-32-27-14-8-6-12-25(23)27/h2-14,19,32H,15-18,20-21H2,1H3. The largest absolute Gasteiger partial charge is 0.440 e. The second-order valence-corrected chi connectivity index (χ2v) is 10.1. The number of ether oxygens (including phenoxy) is 1. The summed E-state index contributed by atoms with van der Waals surface area (Å²) in [6, 6.07) is 25.1. The smallest absolute Gasteiger partial charge is 0.411 e. The molecule has 0 bridgehead atoms. The number of halogens is 1. The Kier molecular flexibility index (Phi) is 5.56. The third-order valence-electron chi connectivity index (χ3n) is 8.28. The number of aromatic amines is 1. The Morgan fingerprint density at radius 2 is 1.58 bits per heavy atom. The first-order chi connectivity index (χ1) is 17.5. The van der Waals surface area contributed by atoms with Crippen LogP contribution in [0.5, 0.6) is 0 Å². The normalized spacial score (nSPS) is 21.8. The molecule has 2 saturated heterocycles. The van der Waals surface area contributed by atoms with Gasteiger partial charge in [-0.15, -0.1) is 0 Å². The van der Waals surface area contributed by atoms with E-state index in [2.05, 4.69) is 53.3 Å². The Bertz CT molecular complexity index is 1390. The molecule has 6 heteroatoms. The molecule has 1 atom stereocenters. The number of H-pyrrole nitrogens is 1. The summed E-state index contributed by atoms with van der Waals surface area (Å²) in [4.78, 5) is 20.9. The highest BCUT2D eigenvalue weighted by Gasteiger charge is 2.63. The second-order valence-electron chi connectivity index (χ2n) is 10.1. The van der Waals surface area contributed by atoms with Gasteiger partial charge in [-0.2, -0.15) is 0 Å². The average molecular weight is 484 g/mol. The lowest BCUT2D eigenvalue weighted by Crippen LogP contribution is -2.58. The quantitative estimate of drug-likeness (QED) is 0.367. The second kappa shape index (κ2) is 8.79. The number of carbonyl (C=O) groups is 1. The molecule has 2 aliphatic heterocycles. The van der Waals surface area contributed by atoms with Crippen molar-refractivity contribution in [3.05, 3.63) is 108 Å². The van der Waals surface area contributed by atoms with Crippen LogP contribution in [-0.2, 0) is 23.4 Å². The molecule has 2 fully saturated rings. The van der Waals surface area contributed by atoms with Crippen molar-refractivity contribution in [1.29, 1.82) is 0 Å². The zero-order valence-corrected chi connectivity index (χ0v) is 20.4. The number of piperidine rings is 1. The molecule has 1 spiro atoms. The van der Waals surface area contributed by atoms with E-state index < -0.39 is 11.1 Å². The summed E-state index contributed by atoms with van der Waals surface area (Å²) in [5.74, 6) is -0.310. The van der Waals surface area contributed by atoms with E-state index in [1.165, 1.54) is 17.0 Å². The minimum atomic E-state index is -0.722. The van der Waals surface area contributed by atoms with Crippen molar-refractivity contribution in [2.45, 2.75) is 44.0 Å². The SMILES string of the molecule is CC1(c2ccccc2)N(Cc2ccccc2F)C(=O)OC12CCN(Cc1c[nH]c3ccccc13)CC2. The molecular weight excluding hydrogens is 453 g/mol. The van der Waals surface area contributed by atoms with Gasteiger partial charge in [-0.1, -0.05) is 66.7 Å². The van der Waals surface area contributed by atoms with Crippen LogP contribution >= 0.6 is 0 Å². The number of aromatic nitrogens is 1. The zero-order valence-electron chi connectivity index (χ0n) is 20.4. The number of carbonyl (C=O) groups excluding carboxylic acids is 1. The number of nitrogens with one attached hydrogen (secondary N) is 1. The van der Waals surface area contributed by atoms with E-state index in [1.54, 1.807) is 23.1 Å². The van der Waals surface area contributed by atoms with Gasteiger partial charge in [-0.05, 0) is 30.2 Å². The number of amides is 1. The first-order valence-corrected chi connectivity index (χ1v) is 12.6. The van der Waals surface area contributed by atoms with E-state index in [9.17, 15) is 9.18 Å². The van der Waals surface area contributed by atoms with Crippen molar-refractivity contribution >= 4 is 17.0 Å². The molecule has 0 aliphatic carbocycles. The molecule has 1 N–H and O–H groups in total. The average Bonchev–Trinajstić information content (AvgIpc) is 3.40. The molecule has 1 aromatic heterocycles. The summed E-state index contributed by atoms with van der Waals surface area (Å²) < 4.78 is 20.9. The molecule has 5 nitrogen and oxygen atoms in total. The van der Waals surface area contributed by atoms with Gasteiger partial charge in [0.15, 0.2) is 0 Å². The number of benzene rings is 3.